The molecule has 9 nitrogen and oxygen atoms in total. The molecule has 2 aromatic carbocycles. The van der Waals surface area contributed by atoms with Gasteiger partial charge in [0, 0.05) is 39.8 Å². The van der Waals surface area contributed by atoms with Gasteiger partial charge in [0.25, 0.3) is 0 Å². The molecule has 10 heteroatoms. The third-order valence-corrected chi connectivity index (χ3v) is 7.79. The molecule has 210 valence electrons. The average Bonchev–Trinajstić information content (AvgIpc) is 3.78. The van der Waals surface area contributed by atoms with Gasteiger partial charge in [-0.1, -0.05) is 36.4 Å². The zero-order valence-corrected chi connectivity index (χ0v) is 23.9. The van der Waals surface area contributed by atoms with Crippen LogP contribution in [0.5, 0.6) is 0 Å². The van der Waals surface area contributed by atoms with Crippen LogP contribution in [-0.4, -0.2) is 30.5 Å². The maximum atomic E-state index is 12.7. The lowest BCUT2D eigenvalue weighted by molar-refractivity contribution is -0.115. The lowest BCUT2D eigenvalue weighted by atomic mass is 10.0. The fourth-order valence-corrected chi connectivity index (χ4v) is 5.68. The number of carbonyl (C=O) groups is 1. The summed E-state index contributed by atoms with van der Waals surface area (Å²) in [6.07, 6.45) is 5.41. The van der Waals surface area contributed by atoms with Gasteiger partial charge in [0.1, 0.15) is 5.69 Å². The minimum Gasteiger partial charge on any atom is -0.443 e. The van der Waals surface area contributed by atoms with E-state index in [2.05, 4.69) is 20.6 Å². The molecule has 0 bridgehead atoms. The van der Waals surface area contributed by atoms with Gasteiger partial charge in [-0.3, -0.25) is 4.79 Å². The second-order valence-electron chi connectivity index (χ2n) is 9.88. The third kappa shape index (κ3) is 5.51. The van der Waals surface area contributed by atoms with Crippen molar-refractivity contribution in [2.24, 2.45) is 0 Å². The number of aryl methyl sites for hydroxylation is 1. The Morgan fingerprint density at radius 3 is 2.63 bits per heavy atom. The standard InChI is InChI=1S/C33H25N7O2S/c1-21-32(42-20-35-21)23-8-5-10-25(18-23)37-33-34-14-13-27(38-33)30-28-12-2-3-15-40(28)39-31(30)22-7-4-9-24(17-22)36-29(41)19-26-11-6-16-43-26/h2-18,20H,19H2,1H3,(H,36,41)(H,34,37,38). The summed E-state index contributed by atoms with van der Waals surface area (Å²) in [5, 5.41) is 13.2. The number of hydrogen-bond donors (Lipinski definition) is 2. The van der Waals surface area contributed by atoms with Crippen LogP contribution >= 0.6 is 11.3 Å². The zero-order chi connectivity index (χ0) is 29.2. The van der Waals surface area contributed by atoms with E-state index in [0.29, 0.717) is 23.8 Å². The van der Waals surface area contributed by atoms with E-state index in [9.17, 15) is 4.79 Å². The molecule has 0 aliphatic rings. The van der Waals surface area contributed by atoms with E-state index < -0.39 is 0 Å². The number of nitrogens with zero attached hydrogens (tertiary/aromatic N) is 5. The second-order valence-corrected chi connectivity index (χ2v) is 10.9. The number of amides is 1. The number of benzene rings is 2. The fourth-order valence-electron chi connectivity index (χ4n) is 4.98. The van der Waals surface area contributed by atoms with Crippen molar-refractivity contribution in [1.29, 1.82) is 0 Å². The zero-order valence-electron chi connectivity index (χ0n) is 23.1. The monoisotopic (exact) mass is 583 g/mol. The average molecular weight is 584 g/mol. The molecule has 0 atom stereocenters. The normalized spacial score (nSPS) is 11.1. The van der Waals surface area contributed by atoms with Gasteiger partial charge in [0.15, 0.2) is 12.2 Å². The van der Waals surface area contributed by atoms with Gasteiger partial charge in [-0.15, -0.1) is 11.3 Å². The maximum Gasteiger partial charge on any atom is 0.229 e. The summed E-state index contributed by atoms with van der Waals surface area (Å²) in [5.41, 5.74) is 7.32. The first-order chi connectivity index (χ1) is 21.1. The van der Waals surface area contributed by atoms with E-state index in [1.807, 2.05) is 108 Å². The molecule has 5 aromatic heterocycles. The van der Waals surface area contributed by atoms with Crippen LogP contribution in [0.1, 0.15) is 10.6 Å². The summed E-state index contributed by atoms with van der Waals surface area (Å²) in [6.45, 7) is 1.91. The number of nitrogens with one attached hydrogen (secondary N) is 2. The summed E-state index contributed by atoms with van der Waals surface area (Å²) >= 11 is 1.57. The fraction of sp³-hybridized carbons (Fsp3) is 0.0606. The Labute approximate surface area is 250 Å². The summed E-state index contributed by atoms with van der Waals surface area (Å²) in [4.78, 5) is 27.3. The van der Waals surface area contributed by atoms with E-state index >= 15 is 0 Å². The van der Waals surface area contributed by atoms with Crippen LogP contribution in [0.15, 0.2) is 114 Å². The minimum atomic E-state index is -0.0659. The molecule has 7 rings (SSSR count). The quantitative estimate of drug-likeness (QED) is 0.192. The summed E-state index contributed by atoms with van der Waals surface area (Å²) in [7, 11) is 0. The molecule has 0 unspecified atom stereocenters. The lowest BCUT2D eigenvalue weighted by Crippen LogP contribution is -2.13. The molecule has 1 amide bonds. The Bertz CT molecular complexity index is 2060. The number of anilines is 3. The Morgan fingerprint density at radius 2 is 1.79 bits per heavy atom. The van der Waals surface area contributed by atoms with Gasteiger partial charge in [-0.25, -0.2) is 19.5 Å². The number of carbonyl (C=O) groups excluding carboxylic acids is 1. The van der Waals surface area contributed by atoms with Crippen LogP contribution in [-0.2, 0) is 11.2 Å². The Kier molecular flexibility index (Phi) is 6.94. The van der Waals surface area contributed by atoms with Gasteiger partial charge in [0.2, 0.25) is 11.9 Å². The van der Waals surface area contributed by atoms with Gasteiger partial charge in [-0.05, 0) is 60.8 Å². The van der Waals surface area contributed by atoms with Gasteiger partial charge >= 0.3 is 0 Å². The number of aromatic nitrogens is 5. The van der Waals surface area contributed by atoms with Crippen molar-refractivity contribution >= 4 is 40.1 Å². The van der Waals surface area contributed by atoms with E-state index in [-0.39, 0.29) is 5.91 Å². The summed E-state index contributed by atoms with van der Waals surface area (Å²) in [5.74, 6) is 1.10. The van der Waals surface area contributed by atoms with Crippen LogP contribution in [0.25, 0.3) is 39.4 Å². The SMILES string of the molecule is Cc1ncoc1-c1cccc(Nc2nccc(-c3c(-c4cccc(NC(=O)Cc5cccs5)c4)nn4ccccc34)n2)c1. The smallest absolute Gasteiger partial charge is 0.229 e. The maximum absolute atomic E-state index is 12.7. The molecular formula is C33H25N7O2S. The predicted molar refractivity (Wildman–Crippen MR) is 168 cm³/mol. The van der Waals surface area contributed by atoms with E-state index in [1.165, 1.54) is 6.39 Å². The molecule has 2 N–H and O–H groups in total. The Morgan fingerprint density at radius 1 is 0.930 bits per heavy atom. The third-order valence-electron chi connectivity index (χ3n) is 6.91. The molecule has 0 aliphatic heterocycles. The van der Waals surface area contributed by atoms with E-state index in [4.69, 9.17) is 14.5 Å². The first-order valence-corrected chi connectivity index (χ1v) is 14.5. The Hall–Kier alpha value is -5.61. The number of pyridine rings is 1. The summed E-state index contributed by atoms with van der Waals surface area (Å²) < 4.78 is 7.41. The van der Waals surface area contributed by atoms with Crippen molar-refractivity contribution < 1.29 is 9.21 Å². The molecule has 0 saturated heterocycles. The van der Waals surface area contributed by atoms with Gasteiger partial charge in [-0.2, -0.15) is 5.10 Å². The highest BCUT2D eigenvalue weighted by Gasteiger charge is 2.19. The molecule has 43 heavy (non-hydrogen) atoms. The molecule has 0 saturated carbocycles. The van der Waals surface area contributed by atoms with Crippen LogP contribution in [0.2, 0.25) is 0 Å². The van der Waals surface area contributed by atoms with Crippen LogP contribution in [0, 0.1) is 6.92 Å². The van der Waals surface area contributed by atoms with Crippen LogP contribution in [0.3, 0.4) is 0 Å². The topological polar surface area (TPSA) is 110 Å². The largest absolute Gasteiger partial charge is 0.443 e. The second kappa shape index (κ2) is 11.3. The molecule has 5 heterocycles. The number of rotatable bonds is 8. The van der Waals surface area contributed by atoms with Crippen molar-refractivity contribution in [1.82, 2.24) is 24.6 Å². The number of thiophene rings is 1. The molecule has 7 aromatic rings. The highest BCUT2D eigenvalue weighted by molar-refractivity contribution is 7.10. The van der Waals surface area contributed by atoms with Crippen LogP contribution < -0.4 is 10.6 Å². The summed E-state index contributed by atoms with van der Waals surface area (Å²) in [6, 6.07) is 27.3. The minimum absolute atomic E-state index is 0.0659. The molecule has 0 fully saturated rings. The highest BCUT2D eigenvalue weighted by Crippen LogP contribution is 2.35. The molecule has 0 spiro atoms. The first kappa shape index (κ1) is 26.3. The molecular weight excluding hydrogens is 558 g/mol. The van der Waals surface area contributed by atoms with E-state index in [0.717, 1.165) is 49.9 Å². The van der Waals surface area contributed by atoms with Crippen LogP contribution in [0.4, 0.5) is 17.3 Å². The number of fused-ring (bicyclic) bond motifs is 1. The van der Waals surface area contributed by atoms with Crippen molar-refractivity contribution in [2.45, 2.75) is 13.3 Å². The lowest BCUT2D eigenvalue weighted by Gasteiger charge is -2.09. The van der Waals surface area contributed by atoms with Crippen molar-refractivity contribution in [3.05, 3.63) is 120 Å². The van der Waals surface area contributed by atoms with E-state index in [1.54, 1.807) is 17.5 Å². The molecule has 0 radical (unpaired) electrons. The predicted octanol–water partition coefficient (Wildman–Crippen LogP) is 7.41. The number of hydrogen-bond acceptors (Lipinski definition) is 8. The molecule has 0 aliphatic carbocycles. The van der Waals surface area contributed by atoms with Gasteiger partial charge < -0.3 is 15.1 Å². The highest BCUT2D eigenvalue weighted by atomic mass is 32.1. The first-order valence-electron chi connectivity index (χ1n) is 13.6. The van der Waals surface area contributed by atoms with Crippen molar-refractivity contribution in [3.63, 3.8) is 0 Å². The number of oxazole rings is 1. The Balaban J connectivity index is 1.22. The van der Waals surface area contributed by atoms with Crippen molar-refractivity contribution in [2.75, 3.05) is 10.6 Å². The van der Waals surface area contributed by atoms with Gasteiger partial charge in [0.05, 0.1) is 28.9 Å². The van der Waals surface area contributed by atoms with Crippen molar-refractivity contribution in [3.8, 4) is 33.8 Å².